The summed E-state index contributed by atoms with van der Waals surface area (Å²) in [5, 5.41) is 3.39. The van der Waals surface area contributed by atoms with Crippen molar-refractivity contribution < 1.29 is 13.2 Å². The van der Waals surface area contributed by atoms with Crippen LogP contribution >= 0.6 is 0 Å². The Morgan fingerprint density at radius 3 is 2.45 bits per heavy atom. The molecule has 2 fully saturated rings. The summed E-state index contributed by atoms with van der Waals surface area (Å²) in [5.41, 5.74) is 0. The number of morpholine rings is 1. The predicted octanol–water partition coefficient (Wildman–Crippen LogP) is 0.414. The standard InChI is InChI=1S/C13H27N3O3S/c1-11-8-16(9-12(2)19-11)20(17,18)15(3)10-13-6-4-5-7-14-13/h11-14H,4-10H2,1-3H3. The van der Waals surface area contributed by atoms with E-state index in [0.717, 1.165) is 13.0 Å². The van der Waals surface area contributed by atoms with Gasteiger partial charge in [-0.25, -0.2) is 0 Å². The van der Waals surface area contributed by atoms with E-state index in [1.807, 2.05) is 13.8 Å². The summed E-state index contributed by atoms with van der Waals surface area (Å²) in [7, 11) is -1.70. The Kier molecular flexibility index (Phi) is 5.42. The molecule has 0 aromatic carbocycles. The molecule has 3 unspecified atom stereocenters. The lowest BCUT2D eigenvalue weighted by Gasteiger charge is -2.37. The molecule has 0 saturated carbocycles. The molecule has 2 heterocycles. The molecular formula is C13H27N3O3S. The minimum atomic E-state index is -3.38. The molecule has 2 aliphatic heterocycles. The molecule has 0 aromatic rings. The number of ether oxygens (including phenoxy) is 1. The zero-order chi connectivity index (χ0) is 14.8. The second-order valence-corrected chi connectivity index (χ2v) is 8.04. The van der Waals surface area contributed by atoms with Crippen LogP contribution in [0, 0.1) is 0 Å². The second kappa shape index (κ2) is 6.70. The Labute approximate surface area is 122 Å². The summed E-state index contributed by atoms with van der Waals surface area (Å²) in [6.07, 6.45) is 3.32. The summed E-state index contributed by atoms with van der Waals surface area (Å²) in [4.78, 5) is 0. The number of likely N-dealkylation sites (N-methyl/N-ethyl adjacent to an activating group) is 1. The lowest BCUT2D eigenvalue weighted by Crippen LogP contribution is -2.54. The van der Waals surface area contributed by atoms with Crippen LogP contribution in [0.15, 0.2) is 0 Å². The van der Waals surface area contributed by atoms with Gasteiger partial charge < -0.3 is 10.1 Å². The average Bonchev–Trinajstić information content (AvgIpc) is 2.38. The van der Waals surface area contributed by atoms with Gasteiger partial charge in [0.2, 0.25) is 0 Å². The van der Waals surface area contributed by atoms with Crippen molar-refractivity contribution in [1.82, 2.24) is 13.9 Å². The van der Waals surface area contributed by atoms with E-state index in [4.69, 9.17) is 4.74 Å². The fraction of sp³-hybridized carbons (Fsp3) is 1.00. The average molecular weight is 305 g/mol. The van der Waals surface area contributed by atoms with Crippen LogP contribution in [0.5, 0.6) is 0 Å². The van der Waals surface area contributed by atoms with Gasteiger partial charge >= 0.3 is 0 Å². The predicted molar refractivity (Wildman–Crippen MR) is 78.8 cm³/mol. The van der Waals surface area contributed by atoms with Crippen molar-refractivity contribution >= 4 is 10.2 Å². The third-order valence-corrected chi connectivity index (χ3v) is 5.88. The van der Waals surface area contributed by atoms with E-state index in [0.29, 0.717) is 19.6 Å². The third-order valence-electron chi connectivity index (χ3n) is 4.00. The van der Waals surface area contributed by atoms with E-state index in [9.17, 15) is 8.42 Å². The SMILES string of the molecule is CC1CN(S(=O)(=O)N(C)CC2CCCCN2)CC(C)O1. The van der Waals surface area contributed by atoms with Crippen molar-refractivity contribution in [3.8, 4) is 0 Å². The van der Waals surface area contributed by atoms with Gasteiger partial charge in [0, 0.05) is 32.7 Å². The minimum Gasteiger partial charge on any atom is -0.373 e. The van der Waals surface area contributed by atoms with Crippen molar-refractivity contribution in [2.24, 2.45) is 0 Å². The van der Waals surface area contributed by atoms with E-state index in [1.54, 1.807) is 11.4 Å². The zero-order valence-electron chi connectivity index (χ0n) is 12.7. The van der Waals surface area contributed by atoms with E-state index in [-0.39, 0.29) is 18.2 Å². The Morgan fingerprint density at radius 1 is 1.25 bits per heavy atom. The molecule has 0 bridgehead atoms. The number of rotatable bonds is 4. The third kappa shape index (κ3) is 3.92. The van der Waals surface area contributed by atoms with Crippen molar-refractivity contribution in [3.63, 3.8) is 0 Å². The first kappa shape index (κ1) is 16.2. The molecule has 2 rings (SSSR count). The van der Waals surface area contributed by atoms with Gasteiger partial charge in [-0.15, -0.1) is 0 Å². The quantitative estimate of drug-likeness (QED) is 0.817. The van der Waals surface area contributed by atoms with Gasteiger partial charge in [-0.1, -0.05) is 6.42 Å². The van der Waals surface area contributed by atoms with Crippen LogP contribution in [0.1, 0.15) is 33.1 Å². The molecular weight excluding hydrogens is 278 g/mol. The summed E-state index contributed by atoms with van der Waals surface area (Å²) < 4.78 is 33.9. The molecule has 6 nitrogen and oxygen atoms in total. The van der Waals surface area contributed by atoms with Crippen LogP contribution in [0.4, 0.5) is 0 Å². The molecule has 7 heteroatoms. The van der Waals surface area contributed by atoms with Crippen molar-refractivity contribution in [3.05, 3.63) is 0 Å². The Hall–Kier alpha value is -0.210. The Morgan fingerprint density at radius 2 is 1.90 bits per heavy atom. The summed E-state index contributed by atoms with van der Waals surface area (Å²) >= 11 is 0. The number of nitrogens with zero attached hydrogens (tertiary/aromatic N) is 2. The molecule has 0 aliphatic carbocycles. The maximum Gasteiger partial charge on any atom is 0.281 e. The highest BCUT2D eigenvalue weighted by atomic mass is 32.2. The van der Waals surface area contributed by atoms with Crippen LogP contribution in [0.3, 0.4) is 0 Å². The molecule has 0 spiro atoms. The molecule has 3 atom stereocenters. The highest BCUT2D eigenvalue weighted by molar-refractivity contribution is 7.86. The topological polar surface area (TPSA) is 61.9 Å². The molecule has 2 saturated heterocycles. The first-order valence-corrected chi connectivity index (χ1v) is 8.89. The van der Waals surface area contributed by atoms with Crippen LogP contribution in [0.2, 0.25) is 0 Å². The smallest absolute Gasteiger partial charge is 0.281 e. The number of hydrogen-bond acceptors (Lipinski definition) is 4. The molecule has 0 amide bonds. The molecule has 0 radical (unpaired) electrons. The van der Waals surface area contributed by atoms with Crippen molar-refractivity contribution in [2.45, 2.75) is 51.4 Å². The fourth-order valence-corrected chi connectivity index (χ4v) is 4.56. The van der Waals surface area contributed by atoms with Gasteiger partial charge in [-0.3, -0.25) is 0 Å². The monoisotopic (exact) mass is 305 g/mol. The van der Waals surface area contributed by atoms with Gasteiger partial charge in [0.15, 0.2) is 0 Å². The van der Waals surface area contributed by atoms with Gasteiger partial charge in [0.05, 0.1) is 12.2 Å². The lowest BCUT2D eigenvalue weighted by atomic mass is 10.1. The molecule has 1 N–H and O–H groups in total. The van der Waals surface area contributed by atoms with E-state index in [1.165, 1.54) is 17.1 Å². The van der Waals surface area contributed by atoms with Crippen LogP contribution in [0.25, 0.3) is 0 Å². The first-order valence-electron chi connectivity index (χ1n) is 7.50. The van der Waals surface area contributed by atoms with Crippen LogP contribution in [-0.2, 0) is 14.9 Å². The fourth-order valence-electron chi connectivity index (χ4n) is 3.00. The molecule has 0 aromatic heterocycles. The van der Waals surface area contributed by atoms with Crippen LogP contribution in [-0.4, -0.2) is 68.5 Å². The van der Waals surface area contributed by atoms with E-state index < -0.39 is 10.2 Å². The largest absolute Gasteiger partial charge is 0.373 e. The molecule has 2 aliphatic rings. The number of piperidine rings is 1. The van der Waals surface area contributed by atoms with Gasteiger partial charge in [0.25, 0.3) is 10.2 Å². The summed E-state index contributed by atoms with van der Waals surface area (Å²) in [6, 6.07) is 0.277. The molecule has 20 heavy (non-hydrogen) atoms. The van der Waals surface area contributed by atoms with Gasteiger partial charge in [-0.05, 0) is 33.2 Å². The van der Waals surface area contributed by atoms with Gasteiger partial charge in [0.1, 0.15) is 0 Å². The lowest BCUT2D eigenvalue weighted by molar-refractivity contribution is -0.0453. The minimum absolute atomic E-state index is 0.0465. The summed E-state index contributed by atoms with van der Waals surface area (Å²) in [5.74, 6) is 0. The first-order chi connectivity index (χ1) is 9.39. The molecule has 118 valence electrons. The maximum absolute atomic E-state index is 12.6. The van der Waals surface area contributed by atoms with Crippen molar-refractivity contribution in [1.29, 1.82) is 0 Å². The highest BCUT2D eigenvalue weighted by Crippen LogP contribution is 2.18. The summed E-state index contributed by atoms with van der Waals surface area (Å²) in [6.45, 7) is 6.25. The maximum atomic E-state index is 12.6. The van der Waals surface area contributed by atoms with Gasteiger partial charge in [-0.2, -0.15) is 17.0 Å². The zero-order valence-corrected chi connectivity index (χ0v) is 13.5. The van der Waals surface area contributed by atoms with E-state index >= 15 is 0 Å². The number of nitrogens with one attached hydrogen (secondary N) is 1. The van der Waals surface area contributed by atoms with E-state index in [2.05, 4.69) is 5.32 Å². The number of hydrogen-bond donors (Lipinski definition) is 1. The highest BCUT2D eigenvalue weighted by Gasteiger charge is 2.34. The second-order valence-electron chi connectivity index (χ2n) is 6.01. The Bertz CT molecular complexity index is 399. The van der Waals surface area contributed by atoms with Crippen molar-refractivity contribution in [2.75, 3.05) is 33.2 Å². The van der Waals surface area contributed by atoms with Crippen LogP contribution < -0.4 is 5.32 Å². The Balaban J connectivity index is 1.97. The normalized spacial score (nSPS) is 33.5.